The Kier molecular flexibility index (Phi) is 6.53. The third-order valence-corrected chi connectivity index (χ3v) is 4.17. The minimum atomic E-state index is -2.90. The molecule has 0 fully saturated rings. The van der Waals surface area contributed by atoms with Gasteiger partial charge in [-0.15, -0.1) is 5.10 Å². The van der Waals surface area contributed by atoms with Crippen LogP contribution in [0.5, 0.6) is 5.75 Å². The molecule has 6 nitrogen and oxygen atoms in total. The standard InChI is InChI=1S/C15H17F2N3O3S/c1-2-3-8-20-14(22)18-19-15(20)24-9-12(21)10-4-6-11(7-5-10)23-13(16)17/h4-7,13H,2-3,8-9H2,1H3,(H,18,22). The van der Waals surface area contributed by atoms with Crippen LogP contribution in [0.2, 0.25) is 0 Å². The van der Waals surface area contributed by atoms with E-state index in [1.165, 1.54) is 28.8 Å². The summed E-state index contributed by atoms with van der Waals surface area (Å²) >= 11 is 1.16. The van der Waals surface area contributed by atoms with Gasteiger partial charge in [0.25, 0.3) is 0 Å². The van der Waals surface area contributed by atoms with Crippen molar-refractivity contribution in [3.63, 3.8) is 0 Å². The first-order valence-corrected chi connectivity index (χ1v) is 8.36. The van der Waals surface area contributed by atoms with Crippen molar-refractivity contribution < 1.29 is 18.3 Å². The lowest BCUT2D eigenvalue weighted by Crippen LogP contribution is -2.18. The number of thioether (sulfide) groups is 1. The molecule has 0 unspecified atom stereocenters. The fraction of sp³-hybridized carbons (Fsp3) is 0.400. The van der Waals surface area contributed by atoms with Crippen LogP contribution in [0.15, 0.2) is 34.2 Å². The number of aromatic amines is 1. The smallest absolute Gasteiger partial charge is 0.387 e. The lowest BCUT2D eigenvalue weighted by molar-refractivity contribution is -0.0498. The van der Waals surface area contributed by atoms with Crippen LogP contribution >= 0.6 is 11.8 Å². The molecule has 0 saturated carbocycles. The van der Waals surface area contributed by atoms with Gasteiger partial charge >= 0.3 is 12.3 Å². The molecule has 2 aromatic rings. The molecule has 0 saturated heterocycles. The zero-order valence-corrected chi connectivity index (χ0v) is 13.8. The minimum Gasteiger partial charge on any atom is -0.435 e. The van der Waals surface area contributed by atoms with Gasteiger partial charge in [0, 0.05) is 12.1 Å². The number of rotatable bonds is 9. The summed E-state index contributed by atoms with van der Waals surface area (Å²) in [5.74, 6) is -0.109. The molecular formula is C15H17F2N3O3S. The summed E-state index contributed by atoms with van der Waals surface area (Å²) in [7, 11) is 0. The molecule has 0 radical (unpaired) electrons. The number of H-pyrrole nitrogens is 1. The Morgan fingerprint density at radius 1 is 1.38 bits per heavy atom. The summed E-state index contributed by atoms with van der Waals surface area (Å²) in [6, 6.07) is 5.48. The Hall–Kier alpha value is -2.16. The van der Waals surface area contributed by atoms with Crippen molar-refractivity contribution in [2.24, 2.45) is 0 Å². The number of nitrogens with one attached hydrogen (secondary N) is 1. The Balaban J connectivity index is 1.97. The van der Waals surface area contributed by atoms with E-state index >= 15 is 0 Å². The number of benzene rings is 1. The van der Waals surface area contributed by atoms with Gasteiger partial charge in [-0.3, -0.25) is 9.36 Å². The van der Waals surface area contributed by atoms with Gasteiger partial charge in [-0.2, -0.15) is 8.78 Å². The highest BCUT2D eigenvalue weighted by Gasteiger charge is 2.13. The van der Waals surface area contributed by atoms with Crippen molar-refractivity contribution in [3.05, 3.63) is 40.3 Å². The monoisotopic (exact) mass is 357 g/mol. The molecular weight excluding hydrogens is 340 g/mol. The number of hydrogen-bond acceptors (Lipinski definition) is 5. The topological polar surface area (TPSA) is 77.0 Å². The lowest BCUT2D eigenvalue weighted by atomic mass is 10.1. The highest BCUT2D eigenvalue weighted by Crippen LogP contribution is 2.19. The fourth-order valence-corrected chi connectivity index (χ4v) is 2.83. The van der Waals surface area contributed by atoms with Crippen molar-refractivity contribution in [3.8, 4) is 5.75 Å². The number of carbonyl (C=O) groups is 1. The Bertz CT molecular complexity index is 728. The van der Waals surface area contributed by atoms with Gasteiger partial charge in [-0.25, -0.2) is 9.89 Å². The molecule has 1 heterocycles. The maximum absolute atomic E-state index is 12.1. The van der Waals surface area contributed by atoms with Gasteiger partial charge in [0.2, 0.25) is 0 Å². The second-order valence-corrected chi connectivity index (χ2v) is 5.87. The van der Waals surface area contributed by atoms with Gasteiger partial charge in [0.15, 0.2) is 10.9 Å². The van der Waals surface area contributed by atoms with E-state index in [0.717, 1.165) is 24.6 Å². The van der Waals surface area contributed by atoms with Gasteiger partial charge in [0.05, 0.1) is 5.75 Å². The number of Topliss-reactive ketones (excluding diaryl/α,β-unsaturated/α-hetero) is 1. The summed E-state index contributed by atoms with van der Waals surface area (Å²) in [5, 5.41) is 6.74. The third-order valence-electron chi connectivity index (χ3n) is 3.19. The highest BCUT2D eigenvalue weighted by molar-refractivity contribution is 7.99. The average Bonchev–Trinajstić information content (AvgIpc) is 2.91. The molecule has 0 bridgehead atoms. The van der Waals surface area contributed by atoms with E-state index < -0.39 is 6.61 Å². The molecule has 130 valence electrons. The van der Waals surface area contributed by atoms with E-state index in [4.69, 9.17) is 0 Å². The average molecular weight is 357 g/mol. The van der Waals surface area contributed by atoms with Crippen molar-refractivity contribution in [2.45, 2.75) is 38.1 Å². The van der Waals surface area contributed by atoms with Crippen LogP contribution in [0, 0.1) is 0 Å². The molecule has 9 heteroatoms. The lowest BCUT2D eigenvalue weighted by Gasteiger charge is -2.06. The van der Waals surface area contributed by atoms with E-state index in [1.807, 2.05) is 6.92 Å². The number of nitrogens with zero attached hydrogens (tertiary/aromatic N) is 2. The van der Waals surface area contributed by atoms with E-state index in [0.29, 0.717) is 17.3 Å². The van der Waals surface area contributed by atoms with E-state index in [-0.39, 0.29) is 23.0 Å². The minimum absolute atomic E-state index is 0.00471. The number of ketones is 1. The second kappa shape index (κ2) is 8.62. The first-order valence-electron chi connectivity index (χ1n) is 7.37. The molecule has 1 aromatic heterocycles. The van der Waals surface area contributed by atoms with Gasteiger partial charge in [0.1, 0.15) is 5.75 Å². The summed E-state index contributed by atoms with van der Waals surface area (Å²) < 4.78 is 29.9. The van der Waals surface area contributed by atoms with Gasteiger partial charge < -0.3 is 4.74 Å². The zero-order valence-electron chi connectivity index (χ0n) is 13.0. The maximum Gasteiger partial charge on any atom is 0.387 e. The first-order chi connectivity index (χ1) is 11.5. The number of alkyl halides is 2. The molecule has 0 aliphatic heterocycles. The van der Waals surface area contributed by atoms with Gasteiger partial charge in [-0.05, 0) is 30.7 Å². The number of carbonyl (C=O) groups excluding carboxylic acids is 1. The second-order valence-electron chi connectivity index (χ2n) is 4.93. The normalized spacial score (nSPS) is 11.0. The number of hydrogen-bond donors (Lipinski definition) is 1. The van der Waals surface area contributed by atoms with Crippen LogP contribution in [0.25, 0.3) is 0 Å². The zero-order chi connectivity index (χ0) is 17.5. The summed E-state index contributed by atoms with van der Waals surface area (Å²) in [6.45, 7) is -0.341. The molecule has 0 aliphatic rings. The molecule has 0 amide bonds. The number of unbranched alkanes of at least 4 members (excludes halogenated alkanes) is 1. The van der Waals surface area contributed by atoms with Crippen LogP contribution in [0.4, 0.5) is 8.78 Å². The molecule has 0 aliphatic carbocycles. The number of halogens is 2. The summed E-state index contributed by atoms with van der Waals surface area (Å²) in [4.78, 5) is 23.8. The molecule has 24 heavy (non-hydrogen) atoms. The number of ether oxygens (including phenoxy) is 1. The largest absolute Gasteiger partial charge is 0.435 e. The predicted octanol–water partition coefficient (Wildman–Crippen LogP) is 2.95. The van der Waals surface area contributed by atoms with Crippen LogP contribution in [0.1, 0.15) is 30.1 Å². The number of aromatic nitrogens is 3. The Morgan fingerprint density at radius 2 is 2.08 bits per heavy atom. The van der Waals surface area contributed by atoms with E-state index in [9.17, 15) is 18.4 Å². The predicted molar refractivity (Wildman–Crippen MR) is 85.9 cm³/mol. The van der Waals surface area contributed by atoms with Crippen molar-refractivity contribution in [1.29, 1.82) is 0 Å². The summed E-state index contributed by atoms with van der Waals surface area (Å²) in [5.41, 5.74) is 0.0778. The molecule has 1 aromatic carbocycles. The SMILES string of the molecule is CCCCn1c(SCC(=O)c2ccc(OC(F)F)cc2)n[nH]c1=O. The van der Waals surface area contributed by atoms with Crippen LogP contribution in [0.3, 0.4) is 0 Å². The fourth-order valence-electron chi connectivity index (χ4n) is 1.96. The molecule has 2 rings (SSSR count). The van der Waals surface area contributed by atoms with Gasteiger partial charge in [-0.1, -0.05) is 25.1 Å². The maximum atomic E-state index is 12.1. The highest BCUT2D eigenvalue weighted by atomic mass is 32.2. The van der Waals surface area contributed by atoms with Crippen molar-refractivity contribution in [2.75, 3.05) is 5.75 Å². The van der Waals surface area contributed by atoms with Crippen molar-refractivity contribution in [1.82, 2.24) is 14.8 Å². The molecule has 0 spiro atoms. The molecule has 1 N–H and O–H groups in total. The first kappa shape index (κ1) is 18.2. The van der Waals surface area contributed by atoms with Crippen LogP contribution in [-0.2, 0) is 6.54 Å². The van der Waals surface area contributed by atoms with Crippen molar-refractivity contribution >= 4 is 17.5 Å². The Labute approximate surface area is 141 Å². The van der Waals surface area contributed by atoms with E-state index in [1.54, 1.807) is 0 Å². The Morgan fingerprint density at radius 3 is 2.71 bits per heavy atom. The van der Waals surface area contributed by atoms with Crippen LogP contribution < -0.4 is 10.4 Å². The third kappa shape index (κ3) is 4.92. The molecule has 0 atom stereocenters. The quantitative estimate of drug-likeness (QED) is 0.551. The summed E-state index contributed by atoms with van der Waals surface area (Å²) in [6.07, 6.45) is 1.78. The van der Waals surface area contributed by atoms with Crippen LogP contribution in [-0.4, -0.2) is 32.9 Å². The van der Waals surface area contributed by atoms with E-state index in [2.05, 4.69) is 14.9 Å².